The van der Waals surface area contributed by atoms with Gasteiger partial charge in [-0.15, -0.1) is 0 Å². The van der Waals surface area contributed by atoms with Gasteiger partial charge in [0.2, 0.25) is 0 Å². The lowest BCUT2D eigenvalue weighted by atomic mass is 9.93. The maximum atomic E-state index is 12.0. The summed E-state index contributed by atoms with van der Waals surface area (Å²) in [6, 6.07) is 11.5. The van der Waals surface area contributed by atoms with Crippen LogP contribution in [-0.2, 0) is 4.79 Å². The number of nitriles is 1. The molecule has 1 rings (SSSR count). The molecule has 1 atom stereocenters. The Kier molecular flexibility index (Phi) is 6.79. The third kappa shape index (κ3) is 4.71. The summed E-state index contributed by atoms with van der Waals surface area (Å²) in [6.45, 7) is 2.17. The van der Waals surface area contributed by atoms with Crippen LogP contribution >= 0.6 is 0 Å². The Morgan fingerprint density at radius 2 is 1.83 bits per heavy atom. The van der Waals surface area contributed by atoms with Crippen molar-refractivity contribution in [2.24, 2.45) is 0 Å². The molecule has 0 saturated heterocycles. The van der Waals surface area contributed by atoms with Crippen molar-refractivity contribution >= 4 is 5.78 Å². The summed E-state index contributed by atoms with van der Waals surface area (Å²) in [6.07, 6.45) is 6.15. The molecule has 0 aliphatic heterocycles. The summed E-state index contributed by atoms with van der Waals surface area (Å²) < 4.78 is 0. The lowest BCUT2D eigenvalue weighted by Gasteiger charge is -2.08. The Hall–Kier alpha value is -1.62. The summed E-state index contributed by atoms with van der Waals surface area (Å²) in [4.78, 5) is 12.0. The zero-order chi connectivity index (χ0) is 13.2. The van der Waals surface area contributed by atoms with Crippen molar-refractivity contribution < 1.29 is 4.79 Å². The molecule has 18 heavy (non-hydrogen) atoms. The molecule has 0 saturated carbocycles. The number of nitrogens with zero attached hydrogens (tertiary/aromatic N) is 1. The average molecular weight is 243 g/mol. The molecule has 0 heterocycles. The molecule has 2 heteroatoms. The van der Waals surface area contributed by atoms with E-state index in [2.05, 4.69) is 13.0 Å². The molecule has 0 aliphatic carbocycles. The standard InChI is InChI=1S/C16H21NO/c1-2-3-4-5-9-12-16(18)15(13-17)14-10-7-6-8-11-14/h6-8,10-11,15H,2-5,9,12H2,1H3. The van der Waals surface area contributed by atoms with Crippen molar-refractivity contribution in [3.05, 3.63) is 35.9 Å². The molecule has 0 fully saturated rings. The number of hydrogen-bond acceptors (Lipinski definition) is 2. The van der Waals surface area contributed by atoms with E-state index in [0.717, 1.165) is 18.4 Å². The highest BCUT2D eigenvalue weighted by Gasteiger charge is 2.18. The summed E-state index contributed by atoms with van der Waals surface area (Å²) in [7, 11) is 0. The van der Waals surface area contributed by atoms with Gasteiger partial charge in [0.1, 0.15) is 5.92 Å². The minimum Gasteiger partial charge on any atom is -0.298 e. The van der Waals surface area contributed by atoms with E-state index in [4.69, 9.17) is 5.26 Å². The highest BCUT2D eigenvalue weighted by Crippen LogP contribution is 2.19. The van der Waals surface area contributed by atoms with Gasteiger partial charge in [0.15, 0.2) is 5.78 Å². The van der Waals surface area contributed by atoms with Crippen molar-refractivity contribution in [2.75, 3.05) is 0 Å². The molecule has 96 valence electrons. The molecule has 0 spiro atoms. The van der Waals surface area contributed by atoms with Gasteiger partial charge in [0.25, 0.3) is 0 Å². The first-order valence-corrected chi connectivity index (χ1v) is 6.77. The summed E-state index contributed by atoms with van der Waals surface area (Å²) in [5.41, 5.74) is 0.818. The molecular formula is C16H21NO. The lowest BCUT2D eigenvalue weighted by molar-refractivity contribution is -0.119. The molecule has 1 aromatic rings. The van der Waals surface area contributed by atoms with Crippen molar-refractivity contribution in [1.82, 2.24) is 0 Å². The van der Waals surface area contributed by atoms with E-state index < -0.39 is 5.92 Å². The van der Waals surface area contributed by atoms with Crippen molar-refractivity contribution in [2.45, 2.75) is 51.4 Å². The molecule has 1 aromatic carbocycles. The quantitative estimate of drug-likeness (QED) is 0.641. The van der Waals surface area contributed by atoms with Gasteiger partial charge in [0, 0.05) is 6.42 Å². The number of carbonyl (C=O) groups excluding carboxylic acids is 1. The SMILES string of the molecule is CCCCCCCC(=O)C(C#N)c1ccccc1. The zero-order valence-electron chi connectivity index (χ0n) is 11.1. The Balaban J connectivity index is 2.42. The third-order valence-electron chi connectivity index (χ3n) is 3.11. The summed E-state index contributed by atoms with van der Waals surface area (Å²) in [5.74, 6) is -0.530. The first kappa shape index (κ1) is 14.4. The van der Waals surface area contributed by atoms with Crippen LogP contribution in [0.2, 0.25) is 0 Å². The number of ketones is 1. The minimum absolute atomic E-state index is 0.0557. The van der Waals surface area contributed by atoms with E-state index in [9.17, 15) is 4.79 Å². The van der Waals surface area contributed by atoms with E-state index in [1.54, 1.807) is 0 Å². The van der Waals surface area contributed by atoms with Crippen LogP contribution in [0.3, 0.4) is 0 Å². The van der Waals surface area contributed by atoms with Crippen LogP contribution in [-0.4, -0.2) is 5.78 Å². The third-order valence-corrected chi connectivity index (χ3v) is 3.11. The fourth-order valence-electron chi connectivity index (χ4n) is 2.03. The van der Waals surface area contributed by atoms with Crippen molar-refractivity contribution in [3.8, 4) is 6.07 Å². The number of Topliss-reactive ketones (excluding diaryl/α,β-unsaturated/α-hetero) is 1. The molecular weight excluding hydrogens is 222 g/mol. The lowest BCUT2D eigenvalue weighted by Crippen LogP contribution is -2.10. The average Bonchev–Trinajstić information content (AvgIpc) is 2.40. The van der Waals surface area contributed by atoms with Gasteiger partial charge in [-0.1, -0.05) is 62.9 Å². The van der Waals surface area contributed by atoms with Crippen LogP contribution in [0.1, 0.15) is 56.9 Å². The van der Waals surface area contributed by atoms with Gasteiger partial charge in [0.05, 0.1) is 6.07 Å². The Morgan fingerprint density at radius 3 is 2.44 bits per heavy atom. The first-order chi connectivity index (χ1) is 8.79. The van der Waals surface area contributed by atoms with Crippen LogP contribution in [0, 0.1) is 11.3 Å². The minimum atomic E-state index is -0.586. The van der Waals surface area contributed by atoms with Gasteiger partial charge in [-0.3, -0.25) is 4.79 Å². The largest absolute Gasteiger partial charge is 0.298 e. The van der Waals surface area contributed by atoms with E-state index in [0.29, 0.717) is 6.42 Å². The Labute approximate surface area is 110 Å². The van der Waals surface area contributed by atoms with Crippen molar-refractivity contribution in [1.29, 1.82) is 5.26 Å². The summed E-state index contributed by atoms with van der Waals surface area (Å²) in [5, 5.41) is 9.12. The van der Waals surface area contributed by atoms with Crippen LogP contribution in [0.25, 0.3) is 0 Å². The molecule has 0 amide bonds. The number of carbonyl (C=O) groups is 1. The van der Waals surface area contributed by atoms with E-state index in [-0.39, 0.29) is 5.78 Å². The number of rotatable bonds is 8. The fourth-order valence-corrected chi connectivity index (χ4v) is 2.03. The van der Waals surface area contributed by atoms with Gasteiger partial charge >= 0.3 is 0 Å². The highest BCUT2D eigenvalue weighted by molar-refractivity contribution is 5.88. The second kappa shape index (κ2) is 8.47. The molecule has 0 N–H and O–H groups in total. The van der Waals surface area contributed by atoms with E-state index in [1.165, 1.54) is 19.3 Å². The number of hydrogen-bond donors (Lipinski definition) is 0. The number of unbranched alkanes of at least 4 members (excludes halogenated alkanes) is 4. The Bertz CT molecular complexity index is 391. The van der Waals surface area contributed by atoms with Crippen LogP contribution < -0.4 is 0 Å². The molecule has 0 bridgehead atoms. The smallest absolute Gasteiger partial charge is 0.154 e. The van der Waals surface area contributed by atoms with Gasteiger partial charge in [-0.2, -0.15) is 5.26 Å². The van der Waals surface area contributed by atoms with Gasteiger partial charge < -0.3 is 0 Å². The molecule has 0 aliphatic rings. The zero-order valence-corrected chi connectivity index (χ0v) is 11.1. The van der Waals surface area contributed by atoms with Crippen LogP contribution in [0.15, 0.2) is 30.3 Å². The second-order valence-corrected chi connectivity index (χ2v) is 4.60. The van der Waals surface area contributed by atoms with E-state index in [1.807, 2.05) is 30.3 Å². The predicted molar refractivity (Wildman–Crippen MR) is 73.2 cm³/mol. The molecule has 2 nitrogen and oxygen atoms in total. The predicted octanol–water partition coefficient (Wildman–Crippen LogP) is 4.22. The highest BCUT2D eigenvalue weighted by atomic mass is 16.1. The fraction of sp³-hybridized carbons (Fsp3) is 0.500. The number of benzene rings is 1. The van der Waals surface area contributed by atoms with Crippen molar-refractivity contribution in [3.63, 3.8) is 0 Å². The van der Waals surface area contributed by atoms with E-state index >= 15 is 0 Å². The molecule has 1 unspecified atom stereocenters. The topological polar surface area (TPSA) is 40.9 Å². The monoisotopic (exact) mass is 243 g/mol. The molecule has 0 radical (unpaired) electrons. The second-order valence-electron chi connectivity index (χ2n) is 4.60. The summed E-state index contributed by atoms with van der Waals surface area (Å²) >= 11 is 0. The Morgan fingerprint density at radius 1 is 1.17 bits per heavy atom. The van der Waals surface area contributed by atoms with Crippen LogP contribution in [0.5, 0.6) is 0 Å². The normalized spacial score (nSPS) is 11.8. The first-order valence-electron chi connectivity index (χ1n) is 6.77. The maximum Gasteiger partial charge on any atom is 0.154 e. The molecule has 0 aromatic heterocycles. The van der Waals surface area contributed by atoms with Crippen LogP contribution in [0.4, 0.5) is 0 Å². The van der Waals surface area contributed by atoms with Gasteiger partial charge in [-0.25, -0.2) is 0 Å². The van der Waals surface area contributed by atoms with Gasteiger partial charge in [-0.05, 0) is 12.0 Å². The maximum absolute atomic E-state index is 12.0.